The van der Waals surface area contributed by atoms with E-state index in [-0.39, 0.29) is 25.0 Å². The summed E-state index contributed by atoms with van der Waals surface area (Å²) in [6.07, 6.45) is 2.86. The molecule has 0 radical (unpaired) electrons. The van der Waals surface area contributed by atoms with Gasteiger partial charge in [-0.3, -0.25) is 14.4 Å². The van der Waals surface area contributed by atoms with Crippen molar-refractivity contribution >= 4 is 35.1 Å². The second-order valence-corrected chi connectivity index (χ2v) is 4.63. The molecule has 1 heterocycles. The highest BCUT2D eigenvalue weighted by molar-refractivity contribution is 7.14. The van der Waals surface area contributed by atoms with E-state index in [4.69, 9.17) is 10.2 Å². The fraction of sp³-hybridized carbons (Fsp3) is 0.250. The van der Waals surface area contributed by atoms with Crippen molar-refractivity contribution in [2.45, 2.75) is 19.3 Å². The van der Waals surface area contributed by atoms with Crippen LogP contribution in [0, 0.1) is 0 Å². The Morgan fingerprint density at radius 1 is 1.11 bits per heavy atom. The lowest BCUT2D eigenvalue weighted by Crippen LogP contribution is -2.01. The van der Waals surface area contributed by atoms with Gasteiger partial charge in [0.25, 0.3) is 0 Å². The molecule has 0 spiro atoms. The standard InChI is InChI=1S/C12H12O5S/c13-9(5-7-12(16)17)10-6-4-8(18-10)2-1-3-11(14)15/h1-2,4,6H,3,5,7H2,(H,14,15)(H,16,17). The third kappa shape index (κ3) is 4.92. The molecule has 0 aliphatic rings. The molecule has 18 heavy (non-hydrogen) atoms. The number of hydrogen-bond acceptors (Lipinski definition) is 4. The summed E-state index contributed by atoms with van der Waals surface area (Å²) >= 11 is 1.22. The van der Waals surface area contributed by atoms with Gasteiger partial charge < -0.3 is 10.2 Å². The zero-order valence-electron chi connectivity index (χ0n) is 9.46. The first-order valence-electron chi connectivity index (χ1n) is 5.22. The van der Waals surface area contributed by atoms with E-state index in [2.05, 4.69) is 0 Å². The molecule has 1 rings (SSSR count). The number of ketones is 1. The fourth-order valence-electron chi connectivity index (χ4n) is 1.21. The van der Waals surface area contributed by atoms with Crippen molar-refractivity contribution in [2.75, 3.05) is 0 Å². The number of hydrogen-bond donors (Lipinski definition) is 2. The third-order valence-electron chi connectivity index (χ3n) is 2.04. The lowest BCUT2D eigenvalue weighted by Gasteiger charge is -1.93. The highest BCUT2D eigenvalue weighted by Crippen LogP contribution is 2.20. The first-order chi connectivity index (χ1) is 8.49. The van der Waals surface area contributed by atoms with Crippen LogP contribution in [-0.4, -0.2) is 27.9 Å². The number of carboxylic acid groups (broad SMARTS) is 2. The van der Waals surface area contributed by atoms with E-state index >= 15 is 0 Å². The Labute approximate surface area is 107 Å². The number of carboxylic acids is 2. The number of thiophene rings is 1. The average Bonchev–Trinajstić information content (AvgIpc) is 2.74. The van der Waals surface area contributed by atoms with Gasteiger partial charge in [-0.25, -0.2) is 0 Å². The number of aliphatic carboxylic acids is 2. The van der Waals surface area contributed by atoms with Gasteiger partial charge in [-0.05, 0) is 18.2 Å². The molecule has 6 heteroatoms. The van der Waals surface area contributed by atoms with Crippen molar-refractivity contribution in [3.63, 3.8) is 0 Å². The molecule has 0 saturated heterocycles. The lowest BCUT2D eigenvalue weighted by molar-refractivity contribution is -0.137. The Morgan fingerprint density at radius 2 is 1.83 bits per heavy atom. The molecule has 0 aliphatic carbocycles. The Morgan fingerprint density at radius 3 is 2.44 bits per heavy atom. The molecule has 0 unspecified atom stereocenters. The smallest absolute Gasteiger partial charge is 0.307 e. The van der Waals surface area contributed by atoms with Crippen molar-refractivity contribution in [3.05, 3.63) is 28.0 Å². The predicted molar refractivity (Wildman–Crippen MR) is 66.8 cm³/mol. The summed E-state index contributed by atoms with van der Waals surface area (Å²) in [5.41, 5.74) is 0. The average molecular weight is 268 g/mol. The van der Waals surface area contributed by atoms with Crippen LogP contribution in [0.3, 0.4) is 0 Å². The van der Waals surface area contributed by atoms with Gasteiger partial charge >= 0.3 is 11.9 Å². The van der Waals surface area contributed by atoms with Gasteiger partial charge in [0.2, 0.25) is 0 Å². The monoisotopic (exact) mass is 268 g/mol. The first kappa shape index (κ1) is 14.1. The Balaban J connectivity index is 2.57. The molecule has 0 saturated carbocycles. The van der Waals surface area contributed by atoms with Gasteiger partial charge in [-0.1, -0.05) is 6.08 Å². The molecule has 0 fully saturated rings. The van der Waals surface area contributed by atoms with Crippen LogP contribution in [0.1, 0.15) is 33.8 Å². The molecule has 0 aliphatic heterocycles. The number of Topliss-reactive ketones (excluding diaryl/α,β-unsaturated/α-hetero) is 1. The van der Waals surface area contributed by atoms with Crippen LogP contribution in [0.4, 0.5) is 0 Å². The minimum absolute atomic E-state index is 0.0197. The fourth-order valence-corrected chi connectivity index (χ4v) is 2.12. The normalized spacial score (nSPS) is 10.7. The van der Waals surface area contributed by atoms with Gasteiger partial charge in [-0.15, -0.1) is 11.3 Å². The van der Waals surface area contributed by atoms with Crippen LogP contribution in [0.25, 0.3) is 6.08 Å². The Hall–Kier alpha value is -1.95. The van der Waals surface area contributed by atoms with Crippen molar-refractivity contribution < 1.29 is 24.6 Å². The van der Waals surface area contributed by atoms with Gasteiger partial charge in [0.15, 0.2) is 5.78 Å². The van der Waals surface area contributed by atoms with E-state index in [0.29, 0.717) is 4.88 Å². The van der Waals surface area contributed by atoms with Gasteiger partial charge in [0, 0.05) is 11.3 Å². The quantitative estimate of drug-likeness (QED) is 0.740. The zero-order chi connectivity index (χ0) is 13.5. The molecule has 1 aromatic heterocycles. The summed E-state index contributed by atoms with van der Waals surface area (Å²) in [5.74, 6) is -2.12. The molecule has 0 atom stereocenters. The van der Waals surface area contributed by atoms with Crippen LogP contribution in [0.15, 0.2) is 18.2 Å². The second-order valence-electron chi connectivity index (χ2n) is 3.52. The van der Waals surface area contributed by atoms with Crippen molar-refractivity contribution in [1.29, 1.82) is 0 Å². The maximum Gasteiger partial charge on any atom is 0.307 e. The number of carbonyl (C=O) groups excluding carboxylic acids is 1. The molecule has 1 aromatic rings. The minimum atomic E-state index is -0.999. The highest BCUT2D eigenvalue weighted by Gasteiger charge is 2.10. The molecule has 96 valence electrons. The summed E-state index contributed by atoms with van der Waals surface area (Å²) in [5, 5.41) is 16.9. The largest absolute Gasteiger partial charge is 0.481 e. The summed E-state index contributed by atoms with van der Waals surface area (Å²) in [6, 6.07) is 3.33. The van der Waals surface area contributed by atoms with E-state index < -0.39 is 11.9 Å². The Kier molecular flexibility index (Phi) is 5.26. The molecular weight excluding hydrogens is 256 g/mol. The summed E-state index contributed by atoms with van der Waals surface area (Å²) in [7, 11) is 0. The second kappa shape index (κ2) is 6.70. The van der Waals surface area contributed by atoms with Crippen molar-refractivity contribution in [3.8, 4) is 0 Å². The van der Waals surface area contributed by atoms with Gasteiger partial charge in [0.1, 0.15) is 0 Å². The van der Waals surface area contributed by atoms with Gasteiger partial charge in [-0.2, -0.15) is 0 Å². The van der Waals surface area contributed by atoms with E-state index in [0.717, 1.165) is 4.88 Å². The predicted octanol–water partition coefficient (Wildman–Crippen LogP) is 2.28. The third-order valence-corrected chi connectivity index (χ3v) is 3.13. The molecule has 5 nitrogen and oxygen atoms in total. The molecule has 0 aromatic carbocycles. The molecular formula is C12H12O5S. The number of carbonyl (C=O) groups is 3. The van der Waals surface area contributed by atoms with E-state index in [1.54, 1.807) is 18.2 Å². The first-order valence-corrected chi connectivity index (χ1v) is 6.04. The van der Waals surface area contributed by atoms with E-state index in [1.807, 2.05) is 0 Å². The molecule has 0 amide bonds. The summed E-state index contributed by atoms with van der Waals surface area (Å²) in [4.78, 5) is 33.5. The minimum Gasteiger partial charge on any atom is -0.481 e. The lowest BCUT2D eigenvalue weighted by atomic mass is 10.2. The molecule has 0 bridgehead atoms. The highest BCUT2D eigenvalue weighted by atomic mass is 32.1. The van der Waals surface area contributed by atoms with Gasteiger partial charge in [0.05, 0.1) is 17.7 Å². The summed E-state index contributed by atoms with van der Waals surface area (Å²) < 4.78 is 0. The van der Waals surface area contributed by atoms with Crippen LogP contribution in [0.5, 0.6) is 0 Å². The van der Waals surface area contributed by atoms with Crippen LogP contribution in [-0.2, 0) is 9.59 Å². The SMILES string of the molecule is O=C(O)CC=Cc1ccc(C(=O)CCC(=O)O)s1. The Bertz CT molecular complexity index is 486. The van der Waals surface area contributed by atoms with E-state index in [9.17, 15) is 14.4 Å². The maximum absolute atomic E-state index is 11.6. The maximum atomic E-state index is 11.6. The van der Waals surface area contributed by atoms with Crippen LogP contribution >= 0.6 is 11.3 Å². The topological polar surface area (TPSA) is 91.7 Å². The number of rotatable bonds is 7. The van der Waals surface area contributed by atoms with Crippen LogP contribution < -0.4 is 0 Å². The summed E-state index contributed by atoms with van der Waals surface area (Å²) in [6.45, 7) is 0. The van der Waals surface area contributed by atoms with Crippen molar-refractivity contribution in [1.82, 2.24) is 0 Å². The van der Waals surface area contributed by atoms with Crippen LogP contribution in [0.2, 0.25) is 0 Å². The van der Waals surface area contributed by atoms with Crippen molar-refractivity contribution in [2.24, 2.45) is 0 Å². The molecule has 2 N–H and O–H groups in total. The van der Waals surface area contributed by atoms with E-state index in [1.165, 1.54) is 17.4 Å². The zero-order valence-corrected chi connectivity index (χ0v) is 10.3.